The summed E-state index contributed by atoms with van der Waals surface area (Å²) in [7, 11) is 1.95. The second-order valence-corrected chi connectivity index (χ2v) is 6.92. The second-order valence-electron chi connectivity index (χ2n) is 6.92. The summed E-state index contributed by atoms with van der Waals surface area (Å²) in [6, 6.07) is 14.8. The van der Waals surface area contributed by atoms with Gasteiger partial charge < -0.3 is 14.2 Å². The molecule has 1 amide bonds. The van der Waals surface area contributed by atoms with Crippen LogP contribution in [-0.4, -0.2) is 48.4 Å². The Kier molecular flexibility index (Phi) is 6.29. The van der Waals surface area contributed by atoms with Crippen molar-refractivity contribution >= 4 is 5.91 Å². The number of piperidine rings is 1. The van der Waals surface area contributed by atoms with Crippen molar-refractivity contribution in [2.24, 2.45) is 0 Å². The minimum atomic E-state index is 0.214. The second kappa shape index (κ2) is 8.86. The molecule has 1 saturated heterocycles. The lowest BCUT2D eigenvalue weighted by Gasteiger charge is -2.37. The van der Waals surface area contributed by atoms with Crippen LogP contribution in [0.15, 0.2) is 53.1 Å². The van der Waals surface area contributed by atoms with Crippen molar-refractivity contribution in [2.45, 2.75) is 38.1 Å². The first-order valence-electron chi connectivity index (χ1n) is 9.26. The molecule has 2 heterocycles. The highest BCUT2D eigenvalue weighted by Crippen LogP contribution is 2.17. The van der Waals surface area contributed by atoms with Gasteiger partial charge in [-0.3, -0.25) is 4.79 Å². The minimum Gasteiger partial charge on any atom is -0.469 e. The number of rotatable bonds is 7. The lowest BCUT2D eigenvalue weighted by atomic mass is 10.0. The number of carbonyl (C=O) groups is 1. The fraction of sp³-hybridized carbons (Fsp3) is 0.476. The molecule has 134 valence electrons. The first kappa shape index (κ1) is 17.7. The van der Waals surface area contributed by atoms with Crippen molar-refractivity contribution in [3.63, 3.8) is 0 Å². The summed E-state index contributed by atoms with van der Waals surface area (Å²) in [5, 5.41) is 0. The quantitative estimate of drug-likeness (QED) is 0.775. The molecule has 1 aromatic heterocycles. The van der Waals surface area contributed by atoms with Crippen molar-refractivity contribution in [3.8, 4) is 0 Å². The molecule has 1 aliphatic rings. The third-order valence-corrected chi connectivity index (χ3v) is 5.15. The predicted molar refractivity (Wildman–Crippen MR) is 99.4 cm³/mol. The van der Waals surface area contributed by atoms with Gasteiger partial charge in [-0.05, 0) is 43.5 Å². The van der Waals surface area contributed by atoms with Crippen molar-refractivity contribution in [2.75, 3.05) is 26.7 Å². The van der Waals surface area contributed by atoms with Gasteiger partial charge in [0.1, 0.15) is 5.76 Å². The fourth-order valence-electron chi connectivity index (χ4n) is 3.55. The van der Waals surface area contributed by atoms with Crippen LogP contribution < -0.4 is 0 Å². The first-order chi connectivity index (χ1) is 12.2. The number of carbonyl (C=O) groups excluding carboxylic acids is 1. The first-order valence-corrected chi connectivity index (χ1v) is 9.26. The maximum Gasteiger partial charge on any atom is 0.223 e. The number of likely N-dealkylation sites (tertiary alicyclic amines) is 1. The molecule has 1 aromatic carbocycles. The Labute approximate surface area is 150 Å². The Morgan fingerprint density at radius 2 is 2.04 bits per heavy atom. The largest absolute Gasteiger partial charge is 0.469 e. The Bertz CT molecular complexity index is 639. The Balaban J connectivity index is 1.45. The molecule has 0 saturated carbocycles. The summed E-state index contributed by atoms with van der Waals surface area (Å²) in [6.45, 7) is 3.18. The van der Waals surface area contributed by atoms with Gasteiger partial charge in [0.2, 0.25) is 5.91 Å². The van der Waals surface area contributed by atoms with Crippen molar-refractivity contribution < 1.29 is 9.21 Å². The molecule has 2 aromatic rings. The summed E-state index contributed by atoms with van der Waals surface area (Å²) in [6.07, 6.45) is 6.20. The van der Waals surface area contributed by atoms with Crippen molar-refractivity contribution in [1.29, 1.82) is 0 Å². The van der Waals surface area contributed by atoms with Gasteiger partial charge in [-0.1, -0.05) is 30.3 Å². The standard InChI is InChI=1S/C21H28N2O2/c1-22(21(24)12-11-20-10-6-16-25-20)19-9-5-14-23(17-19)15-13-18-7-3-2-4-8-18/h2-4,6-8,10,16,19H,5,9,11-15,17H2,1H3/t19-/m1/s1. The summed E-state index contributed by atoms with van der Waals surface area (Å²) in [4.78, 5) is 16.9. The van der Waals surface area contributed by atoms with Gasteiger partial charge in [0.25, 0.3) is 0 Å². The number of furan rings is 1. The smallest absolute Gasteiger partial charge is 0.223 e. The van der Waals surface area contributed by atoms with E-state index in [1.807, 2.05) is 24.1 Å². The maximum absolute atomic E-state index is 12.5. The average Bonchev–Trinajstić information content (AvgIpc) is 3.18. The minimum absolute atomic E-state index is 0.214. The zero-order chi connectivity index (χ0) is 17.5. The van der Waals surface area contributed by atoms with E-state index >= 15 is 0 Å². The van der Waals surface area contributed by atoms with Gasteiger partial charge in [-0.25, -0.2) is 0 Å². The SMILES string of the molecule is CN(C(=O)CCc1ccco1)[C@@H]1CCCN(CCc2ccccc2)C1. The van der Waals surface area contributed by atoms with Crippen LogP contribution in [0.25, 0.3) is 0 Å². The van der Waals surface area contributed by atoms with Gasteiger partial charge in [0.05, 0.1) is 6.26 Å². The molecule has 0 N–H and O–H groups in total. The lowest BCUT2D eigenvalue weighted by molar-refractivity contribution is -0.133. The highest BCUT2D eigenvalue weighted by Gasteiger charge is 2.25. The Morgan fingerprint density at radius 1 is 1.20 bits per heavy atom. The molecule has 25 heavy (non-hydrogen) atoms. The number of hydrogen-bond acceptors (Lipinski definition) is 3. The molecule has 0 spiro atoms. The van der Waals surface area contributed by atoms with Crippen LogP contribution in [0.3, 0.4) is 0 Å². The molecule has 0 bridgehead atoms. The van der Waals surface area contributed by atoms with Gasteiger partial charge in [0, 0.05) is 39.0 Å². The number of aryl methyl sites for hydroxylation is 1. The lowest BCUT2D eigenvalue weighted by Crippen LogP contribution is -2.49. The van der Waals surface area contributed by atoms with E-state index in [0.717, 1.165) is 44.7 Å². The van der Waals surface area contributed by atoms with Crippen LogP contribution in [-0.2, 0) is 17.6 Å². The Hall–Kier alpha value is -2.07. The zero-order valence-electron chi connectivity index (χ0n) is 15.1. The number of amides is 1. The zero-order valence-corrected chi connectivity index (χ0v) is 15.1. The molecule has 4 heteroatoms. The van der Waals surface area contributed by atoms with Crippen LogP contribution in [0, 0.1) is 0 Å². The normalized spacial score (nSPS) is 18.2. The number of nitrogens with zero attached hydrogens (tertiary/aromatic N) is 2. The van der Waals surface area contributed by atoms with E-state index in [2.05, 4.69) is 35.2 Å². The average molecular weight is 340 g/mol. The van der Waals surface area contributed by atoms with Crippen LogP contribution in [0.1, 0.15) is 30.6 Å². The molecular formula is C21H28N2O2. The highest BCUT2D eigenvalue weighted by molar-refractivity contribution is 5.76. The van der Waals surface area contributed by atoms with Gasteiger partial charge in [-0.2, -0.15) is 0 Å². The van der Waals surface area contributed by atoms with E-state index in [-0.39, 0.29) is 5.91 Å². The molecule has 0 unspecified atom stereocenters. The number of likely N-dealkylation sites (N-methyl/N-ethyl adjacent to an activating group) is 1. The van der Waals surface area contributed by atoms with Crippen molar-refractivity contribution in [1.82, 2.24) is 9.80 Å². The predicted octanol–water partition coefficient (Wildman–Crippen LogP) is 3.38. The molecule has 0 aliphatic carbocycles. The summed E-state index contributed by atoms with van der Waals surface area (Å²) in [5.41, 5.74) is 1.38. The monoisotopic (exact) mass is 340 g/mol. The highest BCUT2D eigenvalue weighted by atomic mass is 16.3. The van der Waals surface area contributed by atoms with Crippen LogP contribution in [0.2, 0.25) is 0 Å². The van der Waals surface area contributed by atoms with Crippen LogP contribution in [0.5, 0.6) is 0 Å². The van der Waals surface area contributed by atoms with Crippen molar-refractivity contribution in [3.05, 3.63) is 60.1 Å². The molecule has 0 radical (unpaired) electrons. The summed E-state index contributed by atoms with van der Waals surface area (Å²) >= 11 is 0. The molecule has 1 atom stereocenters. The van der Waals surface area contributed by atoms with E-state index in [0.29, 0.717) is 18.9 Å². The maximum atomic E-state index is 12.5. The third kappa shape index (κ3) is 5.20. The Morgan fingerprint density at radius 3 is 2.80 bits per heavy atom. The van der Waals surface area contributed by atoms with Gasteiger partial charge in [-0.15, -0.1) is 0 Å². The van der Waals surface area contributed by atoms with Crippen LogP contribution in [0.4, 0.5) is 0 Å². The summed E-state index contributed by atoms with van der Waals surface area (Å²) < 4.78 is 5.32. The van der Waals surface area contributed by atoms with E-state index in [1.165, 1.54) is 5.56 Å². The molecule has 4 nitrogen and oxygen atoms in total. The molecule has 1 fully saturated rings. The number of hydrogen-bond donors (Lipinski definition) is 0. The molecule has 1 aliphatic heterocycles. The summed E-state index contributed by atoms with van der Waals surface area (Å²) in [5.74, 6) is 1.10. The third-order valence-electron chi connectivity index (χ3n) is 5.15. The van der Waals surface area contributed by atoms with Gasteiger partial charge in [0.15, 0.2) is 0 Å². The van der Waals surface area contributed by atoms with E-state index < -0.39 is 0 Å². The van der Waals surface area contributed by atoms with Crippen LogP contribution >= 0.6 is 0 Å². The number of benzene rings is 1. The molecular weight excluding hydrogens is 312 g/mol. The molecule has 3 rings (SSSR count). The van der Waals surface area contributed by atoms with Gasteiger partial charge >= 0.3 is 0 Å². The van der Waals surface area contributed by atoms with E-state index in [9.17, 15) is 4.79 Å². The van der Waals surface area contributed by atoms with E-state index in [1.54, 1.807) is 6.26 Å². The topological polar surface area (TPSA) is 36.7 Å². The fourth-order valence-corrected chi connectivity index (χ4v) is 3.55. The van der Waals surface area contributed by atoms with E-state index in [4.69, 9.17) is 4.42 Å².